The molecule has 1 aliphatic heterocycles. The van der Waals surface area contributed by atoms with Crippen molar-refractivity contribution in [3.05, 3.63) is 64.0 Å². The number of halogens is 1. The van der Waals surface area contributed by atoms with Crippen LogP contribution < -0.4 is 5.32 Å². The number of nitrogens with zero attached hydrogens (tertiary/aromatic N) is 1. The molecule has 0 spiro atoms. The first-order chi connectivity index (χ1) is 10.6. The molecule has 0 aliphatic carbocycles. The van der Waals surface area contributed by atoms with Crippen molar-refractivity contribution < 1.29 is 9.90 Å². The Labute approximate surface area is 136 Å². The van der Waals surface area contributed by atoms with Crippen LogP contribution in [0.4, 0.5) is 5.69 Å². The lowest BCUT2D eigenvalue weighted by Gasteiger charge is -2.00. The second-order valence-electron chi connectivity index (χ2n) is 4.52. The van der Waals surface area contributed by atoms with E-state index in [0.717, 1.165) is 5.69 Å². The van der Waals surface area contributed by atoms with Gasteiger partial charge in [0, 0.05) is 10.6 Å². The van der Waals surface area contributed by atoms with E-state index in [1.54, 1.807) is 18.2 Å². The molecule has 110 valence electrons. The van der Waals surface area contributed by atoms with Gasteiger partial charge in [-0.1, -0.05) is 29.8 Å². The molecule has 1 saturated heterocycles. The lowest BCUT2D eigenvalue weighted by Crippen LogP contribution is -2.19. The third-order valence-electron chi connectivity index (χ3n) is 2.91. The molecule has 2 aromatic rings. The molecule has 2 aromatic carbocycles. The molecule has 2 N–H and O–H groups in total. The summed E-state index contributed by atoms with van der Waals surface area (Å²) in [5.74, 6) is -0.183. The van der Waals surface area contributed by atoms with Crippen molar-refractivity contribution in [2.24, 2.45) is 4.99 Å². The first-order valence-corrected chi connectivity index (χ1v) is 7.64. The number of benzene rings is 2. The Morgan fingerprint density at radius 1 is 1.18 bits per heavy atom. The summed E-state index contributed by atoms with van der Waals surface area (Å²) in [7, 11) is 0. The van der Waals surface area contributed by atoms with E-state index in [2.05, 4.69) is 10.3 Å². The number of phenolic OH excluding ortho intramolecular Hbond substituents is 1. The molecule has 6 heteroatoms. The van der Waals surface area contributed by atoms with Gasteiger partial charge in [0.25, 0.3) is 5.91 Å². The van der Waals surface area contributed by atoms with Crippen LogP contribution in [-0.2, 0) is 4.79 Å². The molecule has 1 heterocycles. The number of nitrogens with one attached hydrogen (secondary N) is 1. The average molecular weight is 331 g/mol. The molecular weight excluding hydrogens is 320 g/mol. The van der Waals surface area contributed by atoms with Gasteiger partial charge in [-0.15, -0.1) is 0 Å². The van der Waals surface area contributed by atoms with Gasteiger partial charge >= 0.3 is 0 Å². The summed E-state index contributed by atoms with van der Waals surface area (Å²) in [5.41, 5.74) is 1.25. The maximum absolute atomic E-state index is 12.0. The first kappa shape index (κ1) is 14.7. The molecular formula is C16H11ClN2O2S. The van der Waals surface area contributed by atoms with E-state index in [1.165, 1.54) is 17.8 Å². The number of amides is 1. The van der Waals surface area contributed by atoms with Crippen LogP contribution >= 0.6 is 23.4 Å². The Balaban J connectivity index is 1.87. The quantitative estimate of drug-likeness (QED) is 0.820. The van der Waals surface area contributed by atoms with Crippen LogP contribution in [0.5, 0.6) is 5.75 Å². The Morgan fingerprint density at radius 2 is 1.95 bits per heavy atom. The van der Waals surface area contributed by atoms with E-state index in [0.29, 0.717) is 20.7 Å². The molecule has 22 heavy (non-hydrogen) atoms. The van der Waals surface area contributed by atoms with Crippen LogP contribution in [0.2, 0.25) is 5.02 Å². The van der Waals surface area contributed by atoms with Crippen LogP contribution in [0.25, 0.3) is 6.08 Å². The summed E-state index contributed by atoms with van der Waals surface area (Å²) in [6.07, 6.45) is 1.59. The number of thioether (sulfide) groups is 1. The van der Waals surface area contributed by atoms with Gasteiger partial charge in [-0.05, 0) is 48.2 Å². The second kappa shape index (κ2) is 6.25. The topological polar surface area (TPSA) is 61.7 Å². The van der Waals surface area contributed by atoms with Crippen LogP contribution in [0, 0.1) is 0 Å². The van der Waals surface area contributed by atoms with E-state index in [9.17, 15) is 9.90 Å². The summed E-state index contributed by atoms with van der Waals surface area (Å²) >= 11 is 7.12. The predicted molar refractivity (Wildman–Crippen MR) is 90.4 cm³/mol. The van der Waals surface area contributed by atoms with Crippen molar-refractivity contribution in [1.29, 1.82) is 0 Å². The van der Waals surface area contributed by atoms with Crippen LogP contribution in [-0.4, -0.2) is 16.2 Å². The maximum atomic E-state index is 12.0. The average Bonchev–Trinajstić information content (AvgIpc) is 2.84. The third-order valence-corrected chi connectivity index (χ3v) is 4.06. The Hall–Kier alpha value is -2.24. The van der Waals surface area contributed by atoms with E-state index in [4.69, 9.17) is 11.6 Å². The van der Waals surface area contributed by atoms with Crippen molar-refractivity contribution in [1.82, 2.24) is 5.32 Å². The highest BCUT2D eigenvalue weighted by Gasteiger charge is 2.24. The Kier molecular flexibility index (Phi) is 4.18. The van der Waals surface area contributed by atoms with Gasteiger partial charge < -0.3 is 10.4 Å². The number of phenols is 1. The second-order valence-corrected chi connectivity index (χ2v) is 5.99. The molecule has 0 aromatic heterocycles. The lowest BCUT2D eigenvalue weighted by atomic mass is 10.2. The van der Waals surface area contributed by atoms with Gasteiger partial charge in [-0.2, -0.15) is 0 Å². The predicted octanol–water partition coefficient (Wildman–Crippen LogP) is 3.94. The minimum absolute atomic E-state index is 0.0683. The van der Waals surface area contributed by atoms with Gasteiger partial charge in [-0.25, -0.2) is 4.99 Å². The number of aliphatic imine (C=N–C) groups is 1. The minimum Gasteiger partial charge on any atom is -0.507 e. The van der Waals surface area contributed by atoms with Gasteiger partial charge in [0.15, 0.2) is 5.17 Å². The number of hydrogen-bond acceptors (Lipinski definition) is 4. The van der Waals surface area contributed by atoms with Crippen molar-refractivity contribution in [3.63, 3.8) is 0 Å². The fraction of sp³-hybridized carbons (Fsp3) is 0. The zero-order chi connectivity index (χ0) is 15.5. The third kappa shape index (κ3) is 3.32. The number of para-hydroxylation sites is 1. The highest BCUT2D eigenvalue weighted by molar-refractivity contribution is 8.18. The number of amidine groups is 1. The number of aromatic hydroxyl groups is 1. The standard InChI is InChI=1S/C16H11ClN2O2S/c17-11-6-7-13(20)10(8-11)9-14-15(21)19-16(22-14)18-12-4-2-1-3-5-12/h1-9,20H,(H,18,19,21)/b14-9-. The summed E-state index contributed by atoms with van der Waals surface area (Å²) in [6, 6.07) is 14.0. The fourth-order valence-electron chi connectivity index (χ4n) is 1.88. The molecule has 1 amide bonds. The summed E-state index contributed by atoms with van der Waals surface area (Å²) in [5, 5.41) is 13.5. The first-order valence-electron chi connectivity index (χ1n) is 6.45. The van der Waals surface area contributed by atoms with Crippen molar-refractivity contribution in [3.8, 4) is 5.75 Å². The molecule has 0 radical (unpaired) electrons. The van der Waals surface area contributed by atoms with Crippen LogP contribution in [0.3, 0.4) is 0 Å². The van der Waals surface area contributed by atoms with E-state index >= 15 is 0 Å². The molecule has 0 bridgehead atoms. The van der Waals surface area contributed by atoms with Gasteiger partial charge in [0.1, 0.15) is 5.75 Å². The van der Waals surface area contributed by atoms with Crippen molar-refractivity contribution in [2.45, 2.75) is 0 Å². The lowest BCUT2D eigenvalue weighted by molar-refractivity contribution is -0.115. The SMILES string of the molecule is O=C1NC(=Nc2ccccc2)S/C1=C\c1cc(Cl)ccc1O. The fourth-order valence-corrected chi connectivity index (χ4v) is 2.90. The number of rotatable bonds is 2. The van der Waals surface area contributed by atoms with E-state index in [1.807, 2.05) is 30.3 Å². The van der Waals surface area contributed by atoms with Gasteiger partial charge in [0.05, 0.1) is 10.6 Å². The number of carbonyl (C=O) groups excluding carboxylic acids is 1. The van der Waals surface area contributed by atoms with Gasteiger partial charge in [0.2, 0.25) is 0 Å². The molecule has 1 aliphatic rings. The summed E-state index contributed by atoms with van der Waals surface area (Å²) in [6.45, 7) is 0. The number of carbonyl (C=O) groups is 1. The zero-order valence-electron chi connectivity index (χ0n) is 11.3. The van der Waals surface area contributed by atoms with Crippen LogP contribution in [0.1, 0.15) is 5.56 Å². The normalized spacial score (nSPS) is 18.0. The van der Waals surface area contributed by atoms with Gasteiger partial charge in [-0.3, -0.25) is 4.79 Å². The van der Waals surface area contributed by atoms with Crippen molar-refractivity contribution >= 4 is 46.2 Å². The molecule has 1 fully saturated rings. The highest BCUT2D eigenvalue weighted by atomic mass is 35.5. The Morgan fingerprint density at radius 3 is 2.73 bits per heavy atom. The zero-order valence-corrected chi connectivity index (χ0v) is 12.9. The van der Waals surface area contributed by atoms with E-state index < -0.39 is 0 Å². The Bertz CT molecular complexity index is 788. The van der Waals surface area contributed by atoms with E-state index in [-0.39, 0.29) is 11.7 Å². The molecule has 4 nitrogen and oxygen atoms in total. The summed E-state index contributed by atoms with van der Waals surface area (Å²) < 4.78 is 0. The highest BCUT2D eigenvalue weighted by Crippen LogP contribution is 2.31. The monoisotopic (exact) mass is 330 g/mol. The van der Waals surface area contributed by atoms with Crippen LogP contribution in [0.15, 0.2) is 58.4 Å². The minimum atomic E-state index is -0.251. The summed E-state index contributed by atoms with van der Waals surface area (Å²) in [4.78, 5) is 16.8. The maximum Gasteiger partial charge on any atom is 0.264 e. The smallest absolute Gasteiger partial charge is 0.264 e. The van der Waals surface area contributed by atoms with Crippen molar-refractivity contribution in [2.75, 3.05) is 0 Å². The molecule has 3 rings (SSSR count). The molecule has 0 saturated carbocycles. The largest absolute Gasteiger partial charge is 0.507 e. The molecule has 0 unspecified atom stereocenters. The molecule has 0 atom stereocenters. The number of hydrogen-bond donors (Lipinski definition) is 2.